The second kappa shape index (κ2) is 62.7. The minimum absolute atomic E-state index is 1.08. The van der Waals surface area contributed by atoms with Crippen LogP contribution in [0.5, 0.6) is 0 Å². The monoisotopic (exact) mass is 1680 g/mol. The van der Waals surface area contributed by atoms with Crippen LogP contribution in [0, 0.1) is 125 Å². The van der Waals surface area contributed by atoms with Crippen LogP contribution in [-0.4, -0.2) is 44.9 Å². The van der Waals surface area contributed by atoms with Gasteiger partial charge in [-0.05, 0) is 280 Å². The van der Waals surface area contributed by atoms with E-state index in [1.807, 2.05) is 238 Å². The zero-order valence-electron chi connectivity index (χ0n) is 84.0. The molecular weight excluding hydrogens is 1530 g/mol. The fraction of sp³-hybridized carbons (Fsp3) is 0.308. The lowest BCUT2D eigenvalue weighted by Crippen LogP contribution is -1.86. The van der Waals surface area contributed by atoms with Gasteiger partial charge in [-0.15, -0.1) is 0 Å². The molecule has 0 radical (unpaired) electrons. The Balaban J connectivity index is 0.000000692. The standard InChI is InChI=1S/9C11H11N.9C2H6/c1-8-5-9(2)11-3-4-12-7-10(11)6-8;1-8-5-9(2)11-7-12-4-3-10(11)6-8;1-8-3-4-11-9(2)12-6-5-10(11)7-8;1-8-6-9(2)10-4-3-5-12-11(10)7-8;1-8-6-9(2)11-10(7-8)4-3-5-12-11;1-8-6-10-5-3-4-9(2)11(10)12-7-8;1-8-4-3-5-10-6-9(2)12-7-11(8)10;1-8-7-10-5-3-4-6-11(10)9(2)12-8;1-8-7-9(2)12-11-6-4-3-5-10(8)11;9*1-2/h9*3-7H,1-2H3;9*1-2H3. The summed E-state index contributed by atoms with van der Waals surface area (Å²) in [6, 6.07) is 75.7. The highest BCUT2D eigenvalue weighted by Gasteiger charge is 2.05. The summed E-state index contributed by atoms with van der Waals surface area (Å²) < 4.78 is 0. The molecule has 0 saturated heterocycles. The molecule has 0 spiro atoms. The second-order valence-corrected chi connectivity index (χ2v) is 28.2. The molecule has 0 aliphatic carbocycles. The summed E-state index contributed by atoms with van der Waals surface area (Å²) in [5.74, 6) is 0. The number of aryl methyl sites for hydroxylation is 18. The molecule has 18 aromatic rings. The number of pyridine rings is 9. The molecule has 0 fully saturated rings. The van der Waals surface area contributed by atoms with Gasteiger partial charge in [0.25, 0.3) is 0 Å². The molecule has 9 nitrogen and oxygen atoms in total. The number of benzene rings is 9. The van der Waals surface area contributed by atoms with Crippen LogP contribution in [0.3, 0.4) is 0 Å². The van der Waals surface area contributed by atoms with Crippen molar-refractivity contribution in [1.29, 1.82) is 0 Å². The Labute approximate surface area is 761 Å². The first kappa shape index (κ1) is 112. The Morgan fingerprint density at radius 3 is 1.25 bits per heavy atom. The van der Waals surface area contributed by atoms with E-state index >= 15 is 0 Å². The maximum Gasteiger partial charge on any atom is 0.0731 e. The molecule has 0 saturated carbocycles. The molecule has 0 N–H and O–H groups in total. The van der Waals surface area contributed by atoms with Crippen molar-refractivity contribution in [3.8, 4) is 0 Å². The molecule has 9 heterocycles. The summed E-state index contributed by atoms with van der Waals surface area (Å²) in [6.45, 7) is 73.6. The fourth-order valence-electron chi connectivity index (χ4n) is 13.6. The van der Waals surface area contributed by atoms with Gasteiger partial charge in [0.2, 0.25) is 0 Å². The molecule has 0 aliphatic rings. The molecule has 9 aromatic heterocycles. The van der Waals surface area contributed by atoms with E-state index in [0.717, 1.165) is 50.5 Å². The van der Waals surface area contributed by atoms with Crippen LogP contribution in [0.4, 0.5) is 0 Å². The molecule has 0 bridgehead atoms. The molecular formula is C117H153N9. The van der Waals surface area contributed by atoms with Gasteiger partial charge in [0, 0.05) is 133 Å². The minimum Gasteiger partial charge on any atom is -0.264 e. The van der Waals surface area contributed by atoms with E-state index in [0.29, 0.717) is 0 Å². The third kappa shape index (κ3) is 36.1. The Bertz CT molecular complexity index is 5230. The lowest BCUT2D eigenvalue weighted by molar-refractivity contribution is 1.15. The Morgan fingerprint density at radius 2 is 0.587 bits per heavy atom. The van der Waals surface area contributed by atoms with Crippen molar-refractivity contribution in [2.75, 3.05) is 0 Å². The Kier molecular flexibility index (Phi) is 55.6. The SMILES string of the molecule is CC.CC.CC.CC.CC.CC.CC.CC.CC.Cc1cc(C)c2ccccc2n1.Cc1cc(C)c2cccnc2c1.Cc1cc(C)c2ccncc2c1.Cc1cc(C)c2cnccc2c1.Cc1cc(C)c2ncccc2c1.Cc1cc2cccc(C)c2cn1.Cc1cc2ccccc2c(C)n1.Cc1ccc2c(C)nccc2c1.Cc1cnc2c(C)cccc2c1. The highest BCUT2D eigenvalue weighted by Crippen LogP contribution is 2.25. The normalized spacial score (nSPS) is 9.43. The van der Waals surface area contributed by atoms with E-state index in [4.69, 9.17) is 0 Å². The molecule has 666 valence electrons. The number of rotatable bonds is 0. The molecule has 9 heteroatoms. The first-order valence-electron chi connectivity index (χ1n) is 45.8. The van der Waals surface area contributed by atoms with Crippen molar-refractivity contribution < 1.29 is 0 Å². The van der Waals surface area contributed by atoms with Gasteiger partial charge in [-0.2, -0.15) is 0 Å². The Hall–Kier alpha value is -12.3. The van der Waals surface area contributed by atoms with Crippen molar-refractivity contribution in [2.24, 2.45) is 0 Å². The molecule has 0 atom stereocenters. The molecule has 0 unspecified atom stereocenters. The summed E-state index contributed by atoms with van der Waals surface area (Å²) in [7, 11) is 0. The van der Waals surface area contributed by atoms with Crippen LogP contribution >= 0.6 is 0 Å². The van der Waals surface area contributed by atoms with E-state index in [-0.39, 0.29) is 0 Å². The number of hydrogen-bond donors (Lipinski definition) is 0. The van der Waals surface area contributed by atoms with Crippen LogP contribution in [0.25, 0.3) is 97.5 Å². The lowest BCUT2D eigenvalue weighted by atomic mass is 10.0. The van der Waals surface area contributed by atoms with Gasteiger partial charge in [0.05, 0.1) is 22.1 Å². The molecule has 0 amide bonds. The van der Waals surface area contributed by atoms with Crippen molar-refractivity contribution in [2.45, 2.75) is 249 Å². The zero-order valence-corrected chi connectivity index (χ0v) is 84.0. The van der Waals surface area contributed by atoms with Gasteiger partial charge in [0.15, 0.2) is 0 Å². The smallest absolute Gasteiger partial charge is 0.0731 e. The number of para-hydroxylation sites is 2. The van der Waals surface area contributed by atoms with Gasteiger partial charge in [-0.3, -0.25) is 44.9 Å². The number of nitrogens with zero attached hydrogens (tertiary/aromatic N) is 9. The van der Waals surface area contributed by atoms with E-state index in [2.05, 4.69) is 330 Å². The molecule has 18 rings (SSSR count). The fourth-order valence-corrected chi connectivity index (χ4v) is 13.6. The summed E-state index contributed by atoms with van der Waals surface area (Å²) >= 11 is 0. The van der Waals surface area contributed by atoms with Crippen LogP contribution in [0.2, 0.25) is 0 Å². The maximum absolute atomic E-state index is 4.44. The van der Waals surface area contributed by atoms with Gasteiger partial charge in [0.1, 0.15) is 0 Å². The third-order valence-corrected chi connectivity index (χ3v) is 18.7. The van der Waals surface area contributed by atoms with Crippen LogP contribution in [0.1, 0.15) is 225 Å². The zero-order chi connectivity index (χ0) is 95.0. The average Bonchev–Trinajstić information content (AvgIpc) is 0.689. The quantitative estimate of drug-likeness (QED) is 0.146. The van der Waals surface area contributed by atoms with Gasteiger partial charge < -0.3 is 0 Å². The molecule has 0 aliphatic heterocycles. The Morgan fingerprint density at radius 1 is 0.175 bits per heavy atom. The first-order valence-corrected chi connectivity index (χ1v) is 45.8. The lowest BCUT2D eigenvalue weighted by Gasteiger charge is -2.02. The van der Waals surface area contributed by atoms with E-state index < -0.39 is 0 Å². The largest absolute Gasteiger partial charge is 0.264 e. The van der Waals surface area contributed by atoms with Crippen molar-refractivity contribution in [3.63, 3.8) is 0 Å². The minimum atomic E-state index is 1.08. The first-order chi connectivity index (χ1) is 60.9. The van der Waals surface area contributed by atoms with Gasteiger partial charge in [-0.25, -0.2) is 0 Å². The van der Waals surface area contributed by atoms with Crippen LogP contribution in [0.15, 0.2) is 274 Å². The van der Waals surface area contributed by atoms with E-state index in [1.165, 1.54) is 148 Å². The van der Waals surface area contributed by atoms with Gasteiger partial charge in [-0.1, -0.05) is 286 Å². The molecule has 126 heavy (non-hydrogen) atoms. The summed E-state index contributed by atoms with van der Waals surface area (Å²) in [4.78, 5) is 38.5. The molecule has 9 aromatic carbocycles. The number of hydrogen-bond acceptors (Lipinski definition) is 9. The van der Waals surface area contributed by atoms with Gasteiger partial charge >= 0.3 is 0 Å². The van der Waals surface area contributed by atoms with E-state index in [1.54, 1.807) is 0 Å². The van der Waals surface area contributed by atoms with Crippen molar-refractivity contribution >= 4 is 97.5 Å². The van der Waals surface area contributed by atoms with Crippen LogP contribution < -0.4 is 0 Å². The third-order valence-electron chi connectivity index (χ3n) is 18.7. The number of aromatic nitrogens is 9. The topological polar surface area (TPSA) is 116 Å². The predicted octanol–water partition coefficient (Wildman–Crippen LogP) is 34.9. The second-order valence-electron chi connectivity index (χ2n) is 28.2. The van der Waals surface area contributed by atoms with E-state index in [9.17, 15) is 0 Å². The highest BCUT2D eigenvalue weighted by molar-refractivity contribution is 5.90. The van der Waals surface area contributed by atoms with Crippen molar-refractivity contribution in [3.05, 3.63) is 375 Å². The average molecular weight is 1690 g/mol. The summed E-state index contributed by atoms with van der Waals surface area (Å²) in [5, 5.41) is 17.6. The summed E-state index contributed by atoms with van der Waals surface area (Å²) in [5.41, 5.74) is 26.6. The highest BCUT2D eigenvalue weighted by atomic mass is 14.7. The maximum atomic E-state index is 4.44. The van der Waals surface area contributed by atoms with Crippen molar-refractivity contribution in [1.82, 2.24) is 44.9 Å². The summed E-state index contributed by atoms with van der Waals surface area (Å²) in [6.07, 6.45) is 16.9. The van der Waals surface area contributed by atoms with Crippen LogP contribution in [-0.2, 0) is 0 Å². The predicted molar refractivity (Wildman–Crippen MR) is 563 cm³/mol. The number of fused-ring (bicyclic) bond motifs is 9.